The van der Waals surface area contributed by atoms with Crippen LogP contribution >= 0.6 is 11.6 Å². The topological polar surface area (TPSA) is 21.6 Å². The normalized spacial score (nSPS) is 31.9. The van der Waals surface area contributed by atoms with Crippen LogP contribution in [0.3, 0.4) is 0 Å². The predicted molar refractivity (Wildman–Crippen MR) is 97.6 cm³/mol. The molecule has 126 valence electrons. The van der Waals surface area contributed by atoms with Crippen molar-refractivity contribution < 1.29 is 4.84 Å². The van der Waals surface area contributed by atoms with Gasteiger partial charge in [0, 0.05) is 10.6 Å². The number of halogens is 1. The van der Waals surface area contributed by atoms with Crippen LogP contribution in [0.2, 0.25) is 5.02 Å². The SMILES string of the molecule is CO/N=C1\CC2[C@@H](C)CCCC2(C)c2c(Cl)cc(C(C)C)cc21. The molecule has 23 heavy (non-hydrogen) atoms. The Bertz CT molecular complexity index is 637. The molecule has 2 nitrogen and oxygen atoms in total. The highest BCUT2D eigenvalue weighted by Crippen LogP contribution is 2.54. The standard InChI is InChI=1S/C20H28ClNO/c1-12(2)14-9-15-18(22-23-5)11-16-13(3)7-6-8-20(16,4)19(15)17(21)10-14/h9-10,12-13,16H,6-8,11H2,1-5H3/b22-18+/t13-,16?,20?/m0/s1. The van der Waals surface area contributed by atoms with E-state index >= 15 is 0 Å². The molecule has 0 N–H and O–H groups in total. The summed E-state index contributed by atoms with van der Waals surface area (Å²) in [5, 5.41) is 5.29. The van der Waals surface area contributed by atoms with Gasteiger partial charge in [-0.1, -0.05) is 57.3 Å². The fourth-order valence-corrected chi connectivity index (χ4v) is 5.27. The Kier molecular flexibility index (Phi) is 4.48. The summed E-state index contributed by atoms with van der Waals surface area (Å²) in [6.07, 6.45) is 4.80. The van der Waals surface area contributed by atoms with E-state index in [0.29, 0.717) is 17.8 Å². The molecule has 3 rings (SSSR count). The molecule has 1 fully saturated rings. The Morgan fingerprint density at radius 1 is 1.35 bits per heavy atom. The van der Waals surface area contributed by atoms with Crippen molar-refractivity contribution in [2.75, 3.05) is 7.11 Å². The van der Waals surface area contributed by atoms with Crippen LogP contribution in [0.25, 0.3) is 0 Å². The van der Waals surface area contributed by atoms with E-state index in [-0.39, 0.29) is 5.41 Å². The second-order valence-corrected chi connectivity index (χ2v) is 8.31. The van der Waals surface area contributed by atoms with Crippen molar-refractivity contribution in [3.8, 4) is 0 Å². The zero-order valence-electron chi connectivity index (χ0n) is 14.9. The third-order valence-corrected chi connectivity index (χ3v) is 6.43. The minimum Gasteiger partial charge on any atom is -0.399 e. The molecule has 3 atom stereocenters. The molecule has 2 aliphatic carbocycles. The molecule has 0 heterocycles. The van der Waals surface area contributed by atoms with E-state index in [1.165, 1.54) is 36.0 Å². The summed E-state index contributed by atoms with van der Waals surface area (Å²) in [4.78, 5) is 5.17. The number of nitrogens with zero attached hydrogens (tertiary/aromatic N) is 1. The maximum Gasteiger partial charge on any atom is 0.106 e. The fourth-order valence-electron chi connectivity index (χ4n) is 4.83. The van der Waals surface area contributed by atoms with Crippen LogP contribution in [0.1, 0.15) is 76.0 Å². The van der Waals surface area contributed by atoms with Crippen molar-refractivity contribution in [1.82, 2.24) is 0 Å². The molecule has 1 aromatic carbocycles. The van der Waals surface area contributed by atoms with Gasteiger partial charge in [-0.15, -0.1) is 0 Å². The van der Waals surface area contributed by atoms with Crippen LogP contribution in [0.15, 0.2) is 17.3 Å². The average Bonchev–Trinajstić information content (AvgIpc) is 2.48. The molecular formula is C20H28ClNO. The van der Waals surface area contributed by atoms with Gasteiger partial charge in [-0.2, -0.15) is 0 Å². The maximum atomic E-state index is 6.82. The van der Waals surface area contributed by atoms with E-state index in [4.69, 9.17) is 16.4 Å². The second-order valence-electron chi connectivity index (χ2n) is 7.90. The van der Waals surface area contributed by atoms with E-state index in [1.54, 1.807) is 7.11 Å². The highest BCUT2D eigenvalue weighted by atomic mass is 35.5. The van der Waals surface area contributed by atoms with Crippen molar-refractivity contribution in [1.29, 1.82) is 0 Å². The quantitative estimate of drug-likeness (QED) is 0.616. The molecule has 3 heteroatoms. The Morgan fingerprint density at radius 3 is 2.74 bits per heavy atom. The van der Waals surface area contributed by atoms with Crippen molar-refractivity contribution in [3.63, 3.8) is 0 Å². The summed E-state index contributed by atoms with van der Waals surface area (Å²) in [7, 11) is 1.64. The molecule has 2 unspecified atom stereocenters. The predicted octanol–water partition coefficient (Wildman–Crippen LogP) is 5.91. The Balaban J connectivity index is 2.24. The highest BCUT2D eigenvalue weighted by Gasteiger charge is 2.48. The van der Waals surface area contributed by atoms with E-state index < -0.39 is 0 Å². The average molecular weight is 334 g/mol. The van der Waals surface area contributed by atoms with Gasteiger partial charge >= 0.3 is 0 Å². The number of oxime groups is 1. The minimum absolute atomic E-state index is 0.159. The third-order valence-electron chi connectivity index (χ3n) is 6.14. The molecule has 2 aliphatic rings. The number of rotatable bonds is 2. The van der Waals surface area contributed by atoms with Gasteiger partial charge in [0.15, 0.2) is 0 Å². The summed E-state index contributed by atoms with van der Waals surface area (Å²) in [5.74, 6) is 1.75. The monoisotopic (exact) mass is 333 g/mol. The van der Waals surface area contributed by atoms with Crippen LogP contribution in [0.4, 0.5) is 0 Å². The van der Waals surface area contributed by atoms with E-state index in [9.17, 15) is 0 Å². The molecule has 0 saturated heterocycles. The first-order chi connectivity index (χ1) is 10.9. The zero-order chi connectivity index (χ0) is 16.8. The summed E-state index contributed by atoms with van der Waals surface area (Å²) in [6, 6.07) is 4.47. The van der Waals surface area contributed by atoms with Crippen molar-refractivity contribution in [2.24, 2.45) is 17.0 Å². The lowest BCUT2D eigenvalue weighted by Gasteiger charge is -2.50. The zero-order valence-corrected chi connectivity index (χ0v) is 15.7. The van der Waals surface area contributed by atoms with Gasteiger partial charge in [-0.3, -0.25) is 0 Å². The first-order valence-corrected chi connectivity index (χ1v) is 9.20. The van der Waals surface area contributed by atoms with E-state index in [0.717, 1.165) is 17.2 Å². The number of hydrogen-bond donors (Lipinski definition) is 0. The molecule has 1 saturated carbocycles. The largest absolute Gasteiger partial charge is 0.399 e. The minimum atomic E-state index is 0.159. The van der Waals surface area contributed by atoms with Crippen LogP contribution < -0.4 is 0 Å². The van der Waals surface area contributed by atoms with Crippen molar-refractivity contribution in [3.05, 3.63) is 33.8 Å². The van der Waals surface area contributed by atoms with Crippen LogP contribution in [-0.4, -0.2) is 12.8 Å². The third kappa shape index (κ3) is 2.69. The fraction of sp³-hybridized carbons (Fsp3) is 0.650. The number of hydrogen-bond acceptors (Lipinski definition) is 2. The molecule has 0 bridgehead atoms. The van der Waals surface area contributed by atoms with E-state index in [1.807, 2.05) is 0 Å². The molecule has 1 aromatic rings. The van der Waals surface area contributed by atoms with Gasteiger partial charge in [0.05, 0.1) is 5.71 Å². The summed E-state index contributed by atoms with van der Waals surface area (Å²) in [6.45, 7) is 9.22. The maximum absolute atomic E-state index is 6.82. The molecule has 0 spiro atoms. The van der Waals surface area contributed by atoms with Gasteiger partial charge in [-0.05, 0) is 59.3 Å². The van der Waals surface area contributed by atoms with Gasteiger partial charge < -0.3 is 4.84 Å². The van der Waals surface area contributed by atoms with E-state index in [2.05, 4.69) is 45.0 Å². The highest BCUT2D eigenvalue weighted by molar-refractivity contribution is 6.32. The lowest BCUT2D eigenvalue weighted by atomic mass is 9.54. The molecule has 0 aliphatic heterocycles. The summed E-state index contributed by atoms with van der Waals surface area (Å²) >= 11 is 6.82. The summed E-state index contributed by atoms with van der Waals surface area (Å²) < 4.78 is 0. The molecule has 0 radical (unpaired) electrons. The Labute approximate surface area is 145 Å². The van der Waals surface area contributed by atoms with Gasteiger partial charge in [0.1, 0.15) is 7.11 Å². The molecular weight excluding hydrogens is 306 g/mol. The van der Waals surface area contributed by atoms with Crippen molar-refractivity contribution >= 4 is 17.3 Å². The van der Waals surface area contributed by atoms with Crippen LogP contribution in [-0.2, 0) is 10.3 Å². The lowest BCUT2D eigenvalue weighted by Crippen LogP contribution is -2.45. The van der Waals surface area contributed by atoms with Crippen molar-refractivity contribution in [2.45, 2.75) is 64.7 Å². The van der Waals surface area contributed by atoms with Gasteiger partial charge in [0.2, 0.25) is 0 Å². The Morgan fingerprint density at radius 2 is 2.09 bits per heavy atom. The number of fused-ring (bicyclic) bond motifs is 3. The number of benzene rings is 1. The molecule has 0 amide bonds. The summed E-state index contributed by atoms with van der Waals surface area (Å²) in [5.41, 5.74) is 5.04. The Hall–Kier alpha value is -1.02. The van der Waals surface area contributed by atoms with Gasteiger partial charge in [-0.25, -0.2) is 0 Å². The van der Waals surface area contributed by atoms with Crippen LogP contribution in [0, 0.1) is 11.8 Å². The lowest BCUT2D eigenvalue weighted by molar-refractivity contribution is 0.136. The first kappa shape index (κ1) is 16.8. The molecule has 0 aromatic heterocycles. The second kappa shape index (κ2) is 6.12. The first-order valence-electron chi connectivity index (χ1n) is 8.82. The smallest absolute Gasteiger partial charge is 0.106 e. The van der Waals surface area contributed by atoms with Gasteiger partial charge in [0.25, 0.3) is 0 Å². The van der Waals surface area contributed by atoms with Crippen LogP contribution in [0.5, 0.6) is 0 Å².